The molecule has 5 heteroatoms. The van der Waals surface area contributed by atoms with Crippen molar-refractivity contribution in [3.63, 3.8) is 0 Å². The van der Waals surface area contributed by atoms with E-state index in [0.29, 0.717) is 4.88 Å². The van der Waals surface area contributed by atoms with Gasteiger partial charge in [0.1, 0.15) is 5.82 Å². The first kappa shape index (κ1) is 11.7. The van der Waals surface area contributed by atoms with Gasteiger partial charge in [-0.2, -0.15) is 4.39 Å². The summed E-state index contributed by atoms with van der Waals surface area (Å²) in [6, 6.07) is 7.96. The number of nitrogens with zero attached hydrogens (tertiary/aromatic N) is 1. The fourth-order valence-corrected chi connectivity index (χ4v) is 2.19. The topological polar surface area (TPSA) is 42.0 Å². The van der Waals surface area contributed by atoms with Crippen molar-refractivity contribution in [2.75, 3.05) is 5.32 Å². The smallest absolute Gasteiger partial charge is 0.266 e. The summed E-state index contributed by atoms with van der Waals surface area (Å²) in [6.07, 6.45) is 0.899. The number of hydrogen-bond donors (Lipinski definition) is 1. The lowest BCUT2D eigenvalue weighted by atomic mass is 10.3. The van der Waals surface area contributed by atoms with Crippen LogP contribution in [0.2, 0.25) is 0 Å². The largest absolute Gasteiger partial charge is 0.306 e. The van der Waals surface area contributed by atoms with Gasteiger partial charge in [-0.05, 0) is 30.7 Å². The molecule has 0 radical (unpaired) electrons. The SMILES string of the molecule is CCc1ccc(C(=O)Nc2cccc(F)n2)s1. The van der Waals surface area contributed by atoms with Crippen LogP contribution in [0.25, 0.3) is 0 Å². The Morgan fingerprint density at radius 2 is 2.24 bits per heavy atom. The normalized spacial score (nSPS) is 10.2. The van der Waals surface area contributed by atoms with Crippen LogP contribution in [0.1, 0.15) is 21.5 Å². The molecule has 0 atom stereocenters. The maximum absolute atomic E-state index is 12.8. The van der Waals surface area contributed by atoms with E-state index in [1.165, 1.54) is 23.5 Å². The predicted molar refractivity (Wildman–Crippen MR) is 65.8 cm³/mol. The summed E-state index contributed by atoms with van der Waals surface area (Å²) < 4.78 is 12.8. The van der Waals surface area contributed by atoms with E-state index in [0.717, 1.165) is 11.3 Å². The highest BCUT2D eigenvalue weighted by Gasteiger charge is 2.09. The summed E-state index contributed by atoms with van der Waals surface area (Å²) in [6.45, 7) is 2.03. The summed E-state index contributed by atoms with van der Waals surface area (Å²) >= 11 is 1.43. The van der Waals surface area contributed by atoms with Crippen molar-refractivity contribution in [1.82, 2.24) is 4.98 Å². The highest BCUT2D eigenvalue weighted by Crippen LogP contribution is 2.18. The number of thiophene rings is 1. The van der Waals surface area contributed by atoms with Gasteiger partial charge in [0.05, 0.1) is 4.88 Å². The molecular weight excluding hydrogens is 239 g/mol. The summed E-state index contributed by atoms with van der Waals surface area (Å²) in [5.74, 6) is -0.641. The maximum Gasteiger partial charge on any atom is 0.266 e. The Hall–Kier alpha value is -1.75. The molecule has 2 aromatic heterocycles. The summed E-state index contributed by atoms with van der Waals surface area (Å²) in [7, 11) is 0. The van der Waals surface area contributed by atoms with Crippen LogP contribution in [-0.4, -0.2) is 10.9 Å². The van der Waals surface area contributed by atoms with Crippen molar-refractivity contribution >= 4 is 23.1 Å². The first-order valence-corrected chi connectivity index (χ1v) is 6.03. The number of aromatic nitrogens is 1. The molecule has 2 heterocycles. The zero-order valence-corrected chi connectivity index (χ0v) is 10.1. The molecule has 0 saturated heterocycles. The summed E-state index contributed by atoms with van der Waals surface area (Å²) in [5.41, 5.74) is 0. The second kappa shape index (κ2) is 5.05. The molecule has 2 aromatic rings. The molecule has 0 aliphatic rings. The van der Waals surface area contributed by atoms with Crippen molar-refractivity contribution < 1.29 is 9.18 Å². The quantitative estimate of drug-likeness (QED) is 0.850. The average Bonchev–Trinajstić information content (AvgIpc) is 2.77. The van der Waals surface area contributed by atoms with Gasteiger partial charge in [-0.25, -0.2) is 4.98 Å². The second-order valence-corrected chi connectivity index (χ2v) is 4.59. The molecule has 0 saturated carbocycles. The van der Waals surface area contributed by atoms with E-state index in [4.69, 9.17) is 0 Å². The van der Waals surface area contributed by atoms with Gasteiger partial charge in [-0.1, -0.05) is 13.0 Å². The van der Waals surface area contributed by atoms with E-state index in [-0.39, 0.29) is 11.7 Å². The van der Waals surface area contributed by atoms with Crippen LogP contribution in [0.4, 0.5) is 10.2 Å². The van der Waals surface area contributed by atoms with Gasteiger partial charge < -0.3 is 5.32 Å². The molecule has 0 aliphatic carbocycles. The minimum absolute atomic E-state index is 0.224. The lowest BCUT2D eigenvalue weighted by molar-refractivity contribution is 0.103. The van der Waals surface area contributed by atoms with Gasteiger partial charge in [0.2, 0.25) is 5.95 Å². The molecule has 2 rings (SSSR count). The molecule has 0 unspecified atom stereocenters. The number of hydrogen-bond acceptors (Lipinski definition) is 3. The summed E-state index contributed by atoms with van der Waals surface area (Å²) in [4.78, 5) is 17.1. The van der Waals surface area contributed by atoms with Crippen LogP contribution >= 0.6 is 11.3 Å². The first-order valence-electron chi connectivity index (χ1n) is 5.21. The number of pyridine rings is 1. The Morgan fingerprint density at radius 1 is 1.41 bits per heavy atom. The molecule has 1 N–H and O–H groups in total. The molecular formula is C12H11FN2OS. The Morgan fingerprint density at radius 3 is 2.88 bits per heavy atom. The molecule has 3 nitrogen and oxygen atoms in total. The number of halogens is 1. The average molecular weight is 250 g/mol. The zero-order valence-electron chi connectivity index (χ0n) is 9.24. The fourth-order valence-electron chi connectivity index (χ4n) is 1.35. The molecule has 17 heavy (non-hydrogen) atoms. The predicted octanol–water partition coefficient (Wildman–Crippen LogP) is 3.10. The third kappa shape index (κ3) is 2.88. The number of carbonyl (C=O) groups excluding carboxylic acids is 1. The van der Waals surface area contributed by atoms with E-state index >= 15 is 0 Å². The van der Waals surface area contributed by atoms with Gasteiger partial charge in [0, 0.05) is 4.88 Å². The zero-order chi connectivity index (χ0) is 12.3. The second-order valence-electron chi connectivity index (χ2n) is 3.42. The van der Waals surface area contributed by atoms with Crippen molar-refractivity contribution in [3.05, 3.63) is 46.0 Å². The molecule has 88 valence electrons. The minimum atomic E-state index is -0.608. The molecule has 1 amide bonds. The number of carbonyl (C=O) groups is 1. The van der Waals surface area contributed by atoms with Crippen molar-refractivity contribution in [2.24, 2.45) is 0 Å². The Kier molecular flexibility index (Phi) is 3.49. The van der Waals surface area contributed by atoms with Crippen LogP contribution < -0.4 is 5.32 Å². The first-order chi connectivity index (χ1) is 8.19. The number of nitrogens with one attached hydrogen (secondary N) is 1. The highest BCUT2D eigenvalue weighted by atomic mass is 32.1. The molecule has 0 aromatic carbocycles. The standard InChI is InChI=1S/C12H11FN2OS/c1-2-8-6-7-9(17-8)12(16)15-11-5-3-4-10(13)14-11/h3-7H,2H2,1H3,(H,14,15,16). The van der Waals surface area contributed by atoms with Crippen LogP contribution in [-0.2, 0) is 6.42 Å². The van der Waals surface area contributed by atoms with E-state index < -0.39 is 5.95 Å². The van der Waals surface area contributed by atoms with Crippen molar-refractivity contribution in [2.45, 2.75) is 13.3 Å². The third-order valence-electron chi connectivity index (χ3n) is 2.19. The van der Waals surface area contributed by atoms with Gasteiger partial charge in [0.15, 0.2) is 0 Å². The van der Waals surface area contributed by atoms with E-state index in [1.807, 2.05) is 13.0 Å². The summed E-state index contributed by atoms with van der Waals surface area (Å²) in [5, 5.41) is 2.56. The van der Waals surface area contributed by atoms with Crippen LogP contribution in [0.15, 0.2) is 30.3 Å². The molecule has 0 bridgehead atoms. The monoisotopic (exact) mass is 250 g/mol. The van der Waals surface area contributed by atoms with Crippen LogP contribution in [0.3, 0.4) is 0 Å². The Bertz CT molecular complexity index is 539. The minimum Gasteiger partial charge on any atom is -0.306 e. The van der Waals surface area contributed by atoms with Crippen molar-refractivity contribution in [1.29, 1.82) is 0 Å². The number of aryl methyl sites for hydroxylation is 1. The van der Waals surface area contributed by atoms with Crippen molar-refractivity contribution in [3.8, 4) is 0 Å². The highest BCUT2D eigenvalue weighted by molar-refractivity contribution is 7.14. The van der Waals surface area contributed by atoms with E-state index in [1.54, 1.807) is 12.1 Å². The van der Waals surface area contributed by atoms with Crippen LogP contribution in [0, 0.1) is 5.95 Å². The maximum atomic E-state index is 12.8. The lowest BCUT2D eigenvalue weighted by Gasteiger charge is -2.01. The van der Waals surface area contributed by atoms with Crippen LogP contribution in [0.5, 0.6) is 0 Å². The Balaban J connectivity index is 2.11. The van der Waals surface area contributed by atoms with E-state index in [2.05, 4.69) is 10.3 Å². The number of rotatable bonds is 3. The molecule has 0 spiro atoms. The van der Waals surface area contributed by atoms with E-state index in [9.17, 15) is 9.18 Å². The Labute approximate surface area is 102 Å². The number of anilines is 1. The fraction of sp³-hybridized carbons (Fsp3) is 0.167. The van der Waals surface area contributed by atoms with Gasteiger partial charge >= 0.3 is 0 Å². The third-order valence-corrected chi connectivity index (χ3v) is 3.42. The lowest BCUT2D eigenvalue weighted by Crippen LogP contribution is -2.11. The number of amides is 1. The molecule has 0 fully saturated rings. The van der Waals surface area contributed by atoms with Gasteiger partial charge in [0.25, 0.3) is 5.91 Å². The van der Waals surface area contributed by atoms with Gasteiger partial charge in [-0.3, -0.25) is 4.79 Å². The molecule has 0 aliphatic heterocycles. The van der Waals surface area contributed by atoms with Gasteiger partial charge in [-0.15, -0.1) is 11.3 Å².